The van der Waals surface area contributed by atoms with Crippen LogP contribution in [0.25, 0.3) is 0 Å². The van der Waals surface area contributed by atoms with E-state index in [0.717, 1.165) is 11.1 Å². The summed E-state index contributed by atoms with van der Waals surface area (Å²) in [5.74, 6) is -0.0636. The zero-order valence-corrected chi connectivity index (χ0v) is 16.7. The topological polar surface area (TPSA) is 54.5 Å². The number of nitrogens with zero attached hydrogens (tertiary/aromatic N) is 2. The van der Waals surface area contributed by atoms with E-state index in [9.17, 15) is 4.79 Å². The van der Waals surface area contributed by atoms with E-state index in [1.165, 1.54) is 11.3 Å². The number of amides is 1. The lowest BCUT2D eigenvalue weighted by molar-refractivity contribution is -0.0229. The van der Waals surface area contributed by atoms with Gasteiger partial charge in [-0.3, -0.25) is 4.79 Å². The smallest absolute Gasteiger partial charge is 0.273 e. The summed E-state index contributed by atoms with van der Waals surface area (Å²) in [5.41, 5.74) is 2.53. The van der Waals surface area contributed by atoms with Gasteiger partial charge >= 0.3 is 0 Å². The summed E-state index contributed by atoms with van der Waals surface area (Å²) in [6.07, 6.45) is -0.102. The minimum atomic E-state index is -0.102. The molecule has 28 heavy (non-hydrogen) atoms. The normalized spacial score (nSPS) is 16.8. The number of carbonyl (C=O) groups is 1. The minimum Gasteiger partial charge on any atom is -0.370 e. The van der Waals surface area contributed by atoms with Gasteiger partial charge in [-0.05, 0) is 17.2 Å². The monoisotopic (exact) mass is 413 g/mol. The van der Waals surface area contributed by atoms with Crippen LogP contribution in [0.15, 0.2) is 60.0 Å². The van der Waals surface area contributed by atoms with E-state index in [-0.39, 0.29) is 12.0 Å². The molecule has 0 spiro atoms. The van der Waals surface area contributed by atoms with Crippen LogP contribution in [0.3, 0.4) is 0 Å². The number of rotatable bonds is 5. The van der Waals surface area contributed by atoms with Crippen LogP contribution >= 0.6 is 22.9 Å². The number of morpholine rings is 1. The standard InChI is InChI=1S/C21H20ClN3O2S/c22-17-9-5-4-8-16(17)12-23-21-24-18(14-28-21)20(26)25-10-11-27-19(13-25)15-6-2-1-3-7-15/h1-9,14,19H,10-13H2,(H,23,24). The maximum Gasteiger partial charge on any atom is 0.273 e. The van der Waals surface area contributed by atoms with Crippen molar-refractivity contribution in [1.82, 2.24) is 9.88 Å². The van der Waals surface area contributed by atoms with E-state index < -0.39 is 0 Å². The van der Waals surface area contributed by atoms with E-state index in [1.807, 2.05) is 59.5 Å². The van der Waals surface area contributed by atoms with Crippen molar-refractivity contribution >= 4 is 34.0 Å². The highest BCUT2D eigenvalue weighted by Gasteiger charge is 2.27. The molecular formula is C21H20ClN3O2S. The molecule has 1 aromatic heterocycles. The summed E-state index contributed by atoms with van der Waals surface area (Å²) in [6.45, 7) is 2.19. The van der Waals surface area contributed by atoms with Crippen LogP contribution in [0, 0.1) is 0 Å². The summed E-state index contributed by atoms with van der Waals surface area (Å²) in [6, 6.07) is 17.7. The Morgan fingerprint density at radius 1 is 1.21 bits per heavy atom. The quantitative estimate of drug-likeness (QED) is 0.663. The molecule has 0 bridgehead atoms. The van der Waals surface area contributed by atoms with Crippen molar-refractivity contribution in [3.8, 4) is 0 Å². The first-order valence-electron chi connectivity index (χ1n) is 9.09. The largest absolute Gasteiger partial charge is 0.370 e. The molecule has 1 unspecified atom stereocenters. The molecule has 144 valence electrons. The van der Waals surface area contributed by atoms with Gasteiger partial charge in [0.05, 0.1) is 13.2 Å². The molecule has 1 N–H and O–H groups in total. The highest BCUT2D eigenvalue weighted by Crippen LogP contribution is 2.25. The molecule has 0 saturated carbocycles. The van der Waals surface area contributed by atoms with E-state index in [2.05, 4.69) is 10.3 Å². The second kappa shape index (κ2) is 8.73. The Labute approximate surface area is 172 Å². The number of ether oxygens (including phenoxy) is 1. The Morgan fingerprint density at radius 3 is 2.82 bits per heavy atom. The van der Waals surface area contributed by atoms with Crippen molar-refractivity contribution in [2.24, 2.45) is 0 Å². The fraction of sp³-hybridized carbons (Fsp3) is 0.238. The van der Waals surface area contributed by atoms with Crippen LogP contribution in [0.5, 0.6) is 0 Å². The number of anilines is 1. The third kappa shape index (κ3) is 4.35. The van der Waals surface area contributed by atoms with Crippen molar-refractivity contribution in [3.63, 3.8) is 0 Å². The van der Waals surface area contributed by atoms with Crippen LogP contribution in [0.4, 0.5) is 5.13 Å². The van der Waals surface area contributed by atoms with Crippen molar-refractivity contribution in [2.75, 3.05) is 25.0 Å². The summed E-state index contributed by atoms with van der Waals surface area (Å²) in [4.78, 5) is 19.2. The molecule has 0 aliphatic carbocycles. The molecule has 5 nitrogen and oxygen atoms in total. The van der Waals surface area contributed by atoms with Crippen LogP contribution in [0.1, 0.15) is 27.7 Å². The van der Waals surface area contributed by atoms with Crippen molar-refractivity contribution < 1.29 is 9.53 Å². The average Bonchev–Trinajstić information content (AvgIpc) is 3.22. The third-order valence-electron chi connectivity index (χ3n) is 4.64. The molecule has 1 saturated heterocycles. The van der Waals surface area contributed by atoms with E-state index in [4.69, 9.17) is 16.3 Å². The number of halogens is 1. The lowest BCUT2D eigenvalue weighted by Gasteiger charge is -2.32. The Balaban J connectivity index is 1.39. The van der Waals surface area contributed by atoms with Gasteiger partial charge < -0.3 is 15.0 Å². The zero-order chi connectivity index (χ0) is 19.3. The van der Waals surface area contributed by atoms with E-state index in [0.29, 0.717) is 42.1 Å². The van der Waals surface area contributed by atoms with Gasteiger partial charge in [0.1, 0.15) is 11.8 Å². The first-order chi connectivity index (χ1) is 13.7. The molecule has 7 heteroatoms. The van der Waals surface area contributed by atoms with E-state index in [1.54, 1.807) is 5.38 Å². The maximum atomic E-state index is 12.9. The molecule has 1 fully saturated rings. The number of nitrogens with one attached hydrogen (secondary N) is 1. The lowest BCUT2D eigenvalue weighted by atomic mass is 10.1. The number of hydrogen-bond acceptors (Lipinski definition) is 5. The molecule has 0 radical (unpaired) electrons. The number of carbonyl (C=O) groups excluding carboxylic acids is 1. The van der Waals surface area contributed by atoms with Gasteiger partial charge in [-0.2, -0.15) is 0 Å². The van der Waals surface area contributed by atoms with Gasteiger partial charge in [-0.1, -0.05) is 60.1 Å². The van der Waals surface area contributed by atoms with Crippen molar-refractivity contribution in [2.45, 2.75) is 12.6 Å². The van der Waals surface area contributed by atoms with Gasteiger partial charge in [0.2, 0.25) is 0 Å². The molecule has 1 atom stereocenters. The summed E-state index contributed by atoms with van der Waals surface area (Å²) in [5, 5.41) is 6.45. The summed E-state index contributed by atoms with van der Waals surface area (Å²) < 4.78 is 5.85. The molecule has 3 aromatic rings. The predicted molar refractivity (Wildman–Crippen MR) is 112 cm³/mol. The fourth-order valence-corrected chi connectivity index (χ4v) is 4.02. The van der Waals surface area contributed by atoms with Crippen LogP contribution in [0.2, 0.25) is 5.02 Å². The summed E-state index contributed by atoms with van der Waals surface area (Å²) in [7, 11) is 0. The molecule has 2 aromatic carbocycles. The lowest BCUT2D eigenvalue weighted by Crippen LogP contribution is -2.42. The number of thiazole rings is 1. The number of aromatic nitrogens is 1. The van der Waals surface area contributed by atoms with Crippen LogP contribution in [-0.2, 0) is 11.3 Å². The predicted octanol–water partition coefficient (Wildman–Crippen LogP) is 4.62. The Morgan fingerprint density at radius 2 is 2.00 bits per heavy atom. The average molecular weight is 414 g/mol. The Hall–Kier alpha value is -2.41. The molecule has 1 amide bonds. The number of hydrogen-bond donors (Lipinski definition) is 1. The molecule has 4 rings (SSSR count). The highest BCUT2D eigenvalue weighted by atomic mass is 35.5. The molecule has 1 aliphatic rings. The molecule has 2 heterocycles. The van der Waals surface area contributed by atoms with Crippen molar-refractivity contribution in [3.05, 3.63) is 81.8 Å². The first-order valence-corrected chi connectivity index (χ1v) is 10.3. The fourth-order valence-electron chi connectivity index (χ4n) is 3.13. The maximum absolute atomic E-state index is 12.9. The molecular weight excluding hydrogens is 394 g/mol. The van der Waals surface area contributed by atoms with Crippen LogP contribution in [-0.4, -0.2) is 35.5 Å². The Bertz CT molecular complexity index is 948. The minimum absolute atomic E-state index is 0.0636. The second-order valence-corrected chi connectivity index (χ2v) is 7.77. The van der Waals surface area contributed by atoms with Crippen LogP contribution < -0.4 is 5.32 Å². The first kappa shape index (κ1) is 18.9. The van der Waals surface area contributed by atoms with Gasteiger partial charge in [0.15, 0.2) is 5.13 Å². The summed E-state index contributed by atoms with van der Waals surface area (Å²) >= 11 is 7.60. The zero-order valence-electron chi connectivity index (χ0n) is 15.2. The van der Waals surface area contributed by atoms with Gasteiger partial charge in [-0.15, -0.1) is 11.3 Å². The van der Waals surface area contributed by atoms with Crippen molar-refractivity contribution in [1.29, 1.82) is 0 Å². The molecule has 1 aliphatic heterocycles. The SMILES string of the molecule is O=C(c1csc(NCc2ccccc2Cl)n1)N1CCOC(c2ccccc2)C1. The van der Waals surface area contributed by atoms with E-state index >= 15 is 0 Å². The third-order valence-corrected chi connectivity index (χ3v) is 5.80. The second-order valence-electron chi connectivity index (χ2n) is 6.50. The van der Waals surface area contributed by atoms with Gasteiger partial charge in [-0.25, -0.2) is 4.98 Å². The van der Waals surface area contributed by atoms with Gasteiger partial charge in [0, 0.05) is 23.5 Å². The highest BCUT2D eigenvalue weighted by molar-refractivity contribution is 7.13. The number of benzene rings is 2. The Kier molecular flexibility index (Phi) is 5.90. The van der Waals surface area contributed by atoms with Gasteiger partial charge in [0.25, 0.3) is 5.91 Å².